The summed E-state index contributed by atoms with van der Waals surface area (Å²) in [6, 6.07) is 11.1. The van der Waals surface area contributed by atoms with Gasteiger partial charge in [-0.3, -0.25) is 13.9 Å². The Kier molecular flexibility index (Phi) is 9.43. The summed E-state index contributed by atoms with van der Waals surface area (Å²) in [4.78, 5) is 27.2. The molecule has 0 radical (unpaired) electrons. The molecule has 2 aromatic rings. The maximum absolute atomic E-state index is 14.3. The van der Waals surface area contributed by atoms with E-state index in [1.807, 2.05) is 6.92 Å². The van der Waals surface area contributed by atoms with Crippen molar-refractivity contribution in [1.82, 2.24) is 10.2 Å². The van der Waals surface area contributed by atoms with Gasteiger partial charge in [0, 0.05) is 18.2 Å². The molecular weight excluding hydrogens is 461 g/mol. The van der Waals surface area contributed by atoms with Gasteiger partial charge < -0.3 is 15.0 Å². The van der Waals surface area contributed by atoms with Crippen LogP contribution in [-0.4, -0.2) is 56.6 Å². The highest BCUT2D eigenvalue weighted by atomic mass is 32.2. The van der Waals surface area contributed by atoms with Crippen LogP contribution in [0.4, 0.5) is 10.1 Å². The summed E-state index contributed by atoms with van der Waals surface area (Å²) in [7, 11) is -3.85. The number of rotatable bonds is 11. The van der Waals surface area contributed by atoms with Crippen LogP contribution >= 0.6 is 0 Å². The number of halogens is 1. The molecule has 0 bridgehead atoms. The Balaban J connectivity index is 2.38. The first-order valence-electron chi connectivity index (χ1n) is 11.0. The lowest BCUT2D eigenvalue weighted by atomic mass is 10.1. The molecule has 2 amide bonds. The molecule has 34 heavy (non-hydrogen) atoms. The van der Waals surface area contributed by atoms with Gasteiger partial charge in [-0.1, -0.05) is 18.2 Å². The number of hydrogen-bond acceptors (Lipinski definition) is 5. The Bertz CT molecular complexity index is 1090. The molecule has 8 nitrogen and oxygen atoms in total. The van der Waals surface area contributed by atoms with Crippen molar-refractivity contribution in [2.75, 3.05) is 23.7 Å². The smallest absolute Gasteiger partial charge is 0.244 e. The van der Waals surface area contributed by atoms with E-state index in [2.05, 4.69) is 5.32 Å². The van der Waals surface area contributed by atoms with Gasteiger partial charge in [-0.25, -0.2) is 12.8 Å². The van der Waals surface area contributed by atoms with Crippen molar-refractivity contribution in [1.29, 1.82) is 0 Å². The molecule has 0 saturated heterocycles. The molecule has 10 heteroatoms. The molecule has 0 aromatic heterocycles. The van der Waals surface area contributed by atoms with Gasteiger partial charge in [0.15, 0.2) is 0 Å². The number of hydrogen-bond donors (Lipinski definition) is 1. The Morgan fingerprint density at radius 3 is 2.21 bits per heavy atom. The Hall–Kier alpha value is -3.14. The van der Waals surface area contributed by atoms with E-state index < -0.39 is 40.2 Å². The molecule has 1 N–H and O–H groups in total. The van der Waals surface area contributed by atoms with E-state index in [0.29, 0.717) is 12.4 Å². The zero-order valence-corrected chi connectivity index (χ0v) is 20.9. The third-order valence-corrected chi connectivity index (χ3v) is 6.15. The van der Waals surface area contributed by atoms with Crippen molar-refractivity contribution in [2.45, 2.75) is 46.3 Å². The quantitative estimate of drug-likeness (QED) is 0.519. The second-order valence-corrected chi connectivity index (χ2v) is 10.1. The topological polar surface area (TPSA) is 96.0 Å². The van der Waals surface area contributed by atoms with Crippen molar-refractivity contribution in [3.8, 4) is 5.75 Å². The molecule has 2 rings (SSSR count). The summed E-state index contributed by atoms with van der Waals surface area (Å²) in [5.41, 5.74) is 0.483. The number of anilines is 1. The number of carbonyl (C=O) groups is 2. The van der Waals surface area contributed by atoms with Crippen LogP contribution in [0, 0.1) is 5.82 Å². The molecule has 1 atom stereocenters. The molecular formula is C24H32FN3O5S. The van der Waals surface area contributed by atoms with E-state index in [1.165, 1.54) is 42.2 Å². The Morgan fingerprint density at radius 1 is 1.06 bits per heavy atom. The molecule has 186 valence electrons. The molecule has 0 heterocycles. The number of nitrogens with zero attached hydrogens (tertiary/aromatic N) is 2. The van der Waals surface area contributed by atoms with Gasteiger partial charge >= 0.3 is 0 Å². The summed E-state index contributed by atoms with van der Waals surface area (Å²) in [6.45, 7) is 6.62. The van der Waals surface area contributed by atoms with Gasteiger partial charge in [0.1, 0.15) is 24.2 Å². The van der Waals surface area contributed by atoms with Crippen LogP contribution in [-0.2, 0) is 26.2 Å². The van der Waals surface area contributed by atoms with E-state index in [4.69, 9.17) is 4.74 Å². The van der Waals surface area contributed by atoms with Crippen molar-refractivity contribution in [3.63, 3.8) is 0 Å². The molecule has 0 fully saturated rings. The predicted molar refractivity (Wildman–Crippen MR) is 129 cm³/mol. The minimum atomic E-state index is -3.85. The number of carbonyl (C=O) groups excluding carboxylic acids is 2. The SMILES string of the molecule is CCOc1ccc(N(CC(=O)N(Cc2ccccc2F)[C@H](C)C(=O)NC(C)C)S(C)(=O)=O)cc1. The van der Waals surface area contributed by atoms with Gasteiger partial charge in [0.05, 0.1) is 18.6 Å². The van der Waals surface area contributed by atoms with Crippen LogP contribution < -0.4 is 14.4 Å². The lowest BCUT2D eigenvalue weighted by Gasteiger charge is -2.32. The lowest BCUT2D eigenvalue weighted by molar-refractivity contribution is -0.139. The number of ether oxygens (including phenoxy) is 1. The largest absolute Gasteiger partial charge is 0.494 e. The van der Waals surface area contributed by atoms with Crippen LogP contribution in [0.25, 0.3) is 0 Å². The molecule has 0 unspecified atom stereocenters. The lowest BCUT2D eigenvalue weighted by Crippen LogP contribution is -2.52. The molecule has 0 aliphatic carbocycles. The van der Waals surface area contributed by atoms with Crippen molar-refractivity contribution in [2.24, 2.45) is 0 Å². The predicted octanol–water partition coefficient (Wildman–Crippen LogP) is 2.93. The van der Waals surface area contributed by atoms with Gasteiger partial charge in [-0.15, -0.1) is 0 Å². The minimum absolute atomic E-state index is 0.170. The van der Waals surface area contributed by atoms with Crippen LogP contribution in [0.1, 0.15) is 33.3 Å². The van der Waals surface area contributed by atoms with Crippen molar-refractivity contribution in [3.05, 3.63) is 59.9 Å². The molecule has 0 aliphatic rings. The number of benzene rings is 2. The average Bonchev–Trinajstić information content (AvgIpc) is 2.76. The van der Waals surface area contributed by atoms with E-state index in [9.17, 15) is 22.4 Å². The number of amides is 2. The summed E-state index contributed by atoms with van der Waals surface area (Å²) in [5.74, 6) is -1.03. The maximum atomic E-state index is 14.3. The number of nitrogens with one attached hydrogen (secondary N) is 1. The monoisotopic (exact) mass is 493 g/mol. The van der Waals surface area contributed by atoms with Gasteiger partial charge in [0.25, 0.3) is 0 Å². The molecule has 0 aliphatic heterocycles. The van der Waals surface area contributed by atoms with Gasteiger partial charge in [-0.2, -0.15) is 0 Å². The molecule has 0 spiro atoms. The zero-order valence-electron chi connectivity index (χ0n) is 20.1. The summed E-state index contributed by atoms with van der Waals surface area (Å²) >= 11 is 0. The van der Waals surface area contributed by atoms with Crippen LogP contribution in [0.15, 0.2) is 48.5 Å². The first-order valence-corrected chi connectivity index (χ1v) is 12.8. The van der Waals surface area contributed by atoms with Crippen LogP contribution in [0.3, 0.4) is 0 Å². The maximum Gasteiger partial charge on any atom is 0.244 e. The third-order valence-electron chi connectivity index (χ3n) is 5.01. The van der Waals surface area contributed by atoms with Gasteiger partial charge in [-0.05, 0) is 58.0 Å². The molecule has 2 aromatic carbocycles. The highest BCUT2D eigenvalue weighted by Crippen LogP contribution is 2.23. The summed E-state index contributed by atoms with van der Waals surface area (Å²) in [5, 5.41) is 2.74. The average molecular weight is 494 g/mol. The fourth-order valence-electron chi connectivity index (χ4n) is 3.29. The fourth-order valence-corrected chi connectivity index (χ4v) is 4.14. The first kappa shape index (κ1) is 27.1. The normalized spacial score (nSPS) is 12.2. The standard InChI is InChI=1S/C24H32FN3O5S/c1-6-33-21-13-11-20(12-14-21)28(34(5,31)32)16-23(29)27(18(4)24(30)26-17(2)3)15-19-9-7-8-10-22(19)25/h7-14,17-18H,6,15-16H2,1-5H3,(H,26,30)/t18-/m1/s1. The van der Waals surface area contributed by atoms with E-state index in [1.54, 1.807) is 32.0 Å². The Morgan fingerprint density at radius 2 is 1.68 bits per heavy atom. The van der Waals surface area contributed by atoms with E-state index in [0.717, 1.165) is 10.6 Å². The van der Waals surface area contributed by atoms with E-state index in [-0.39, 0.29) is 23.8 Å². The molecule has 0 saturated carbocycles. The minimum Gasteiger partial charge on any atom is -0.494 e. The van der Waals surface area contributed by atoms with Crippen molar-refractivity contribution < 1.29 is 27.1 Å². The highest BCUT2D eigenvalue weighted by molar-refractivity contribution is 7.92. The second kappa shape index (κ2) is 11.8. The third kappa shape index (κ3) is 7.44. The first-order chi connectivity index (χ1) is 15.9. The highest BCUT2D eigenvalue weighted by Gasteiger charge is 2.30. The fraction of sp³-hybridized carbons (Fsp3) is 0.417. The summed E-state index contributed by atoms with van der Waals surface area (Å²) in [6.07, 6.45) is 0.993. The van der Waals surface area contributed by atoms with Crippen LogP contribution in [0.5, 0.6) is 5.75 Å². The van der Waals surface area contributed by atoms with Crippen LogP contribution in [0.2, 0.25) is 0 Å². The number of sulfonamides is 1. The summed E-state index contributed by atoms with van der Waals surface area (Å²) < 4.78 is 45.8. The Labute approximate surface area is 200 Å². The zero-order chi connectivity index (χ0) is 25.5. The van der Waals surface area contributed by atoms with Gasteiger partial charge in [0.2, 0.25) is 21.8 Å². The van der Waals surface area contributed by atoms with Crippen molar-refractivity contribution >= 4 is 27.5 Å². The second-order valence-electron chi connectivity index (χ2n) is 8.15. The van der Waals surface area contributed by atoms with E-state index >= 15 is 0 Å².